The van der Waals surface area contributed by atoms with E-state index in [9.17, 15) is 9.59 Å². The van der Waals surface area contributed by atoms with E-state index in [1.165, 1.54) is 0 Å². The maximum atomic E-state index is 9.24. The topological polar surface area (TPSA) is 162 Å². The molecule has 0 atom stereocenters. The summed E-state index contributed by atoms with van der Waals surface area (Å²) in [4.78, 5) is 18.5. The Balaban J connectivity index is -0.0000000457. The van der Waals surface area contributed by atoms with Crippen LogP contribution in [0.3, 0.4) is 0 Å². The first kappa shape index (κ1) is 22.5. The second kappa shape index (κ2) is 16.7. The monoisotopic (exact) mass is 230 g/mol. The third-order valence-electron chi connectivity index (χ3n) is 0.349. The van der Waals surface area contributed by atoms with Crippen molar-refractivity contribution < 1.29 is 36.9 Å². The van der Waals surface area contributed by atoms with E-state index in [0.29, 0.717) is 0 Å². The van der Waals surface area contributed by atoms with Crippen LogP contribution in [-0.4, -0.2) is 35.2 Å². The maximum absolute atomic E-state index is 9.24. The normalized spacial score (nSPS) is 6.17. The summed E-state index contributed by atoms with van der Waals surface area (Å²) in [6, 6.07) is 0. The molecule has 0 fully saturated rings. The van der Waals surface area contributed by atoms with Crippen LogP contribution in [0.2, 0.25) is 0 Å². The summed E-state index contributed by atoms with van der Waals surface area (Å²) in [5.41, 5.74) is 9.14. The Hall–Kier alpha value is -0.661. The number of carboxylic acid groups (broad SMARTS) is 2. The van der Waals surface area contributed by atoms with Crippen LogP contribution in [0.4, 0.5) is 0 Å². The van der Waals surface area contributed by atoms with E-state index in [1.807, 2.05) is 0 Å². The van der Waals surface area contributed by atoms with Gasteiger partial charge in [0.2, 0.25) is 0 Å². The van der Waals surface area contributed by atoms with Crippen LogP contribution in [0.1, 0.15) is 0 Å². The summed E-state index contributed by atoms with van der Waals surface area (Å²) < 4.78 is 0. The van der Waals surface area contributed by atoms with Crippen molar-refractivity contribution in [2.75, 3.05) is 13.1 Å². The molecule has 0 amide bonds. The molecule has 12 heavy (non-hydrogen) atoms. The molecule has 0 bridgehead atoms. The number of carboxylic acids is 2. The number of nitrogens with two attached hydrogens (primary N) is 2. The van der Waals surface area contributed by atoms with Gasteiger partial charge in [0, 0.05) is 17.1 Å². The fraction of sp³-hybridized carbons (Fsp3) is 0.500. The molecule has 9 N–H and O–H groups in total. The molecule has 0 heterocycles. The fourth-order valence-corrected chi connectivity index (χ4v) is 0. The molecule has 7 nitrogen and oxygen atoms in total. The SMILES string of the molecule is N.NCC(=O)O.NCC(=O)O.[Cu]. The minimum absolute atomic E-state index is 0. The van der Waals surface area contributed by atoms with Crippen LogP contribution >= 0.6 is 0 Å². The van der Waals surface area contributed by atoms with Gasteiger partial charge < -0.3 is 27.8 Å². The number of hydrogen-bond donors (Lipinski definition) is 5. The fourth-order valence-electron chi connectivity index (χ4n) is 0. The third-order valence-corrected chi connectivity index (χ3v) is 0.349. The van der Waals surface area contributed by atoms with Crippen molar-refractivity contribution in [3.63, 3.8) is 0 Å². The molecule has 0 aliphatic carbocycles. The molecule has 0 saturated carbocycles. The van der Waals surface area contributed by atoms with Crippen molar-refractivity contribution in [3.05, 3.63) is 0 Å². The molecule has 0 rings (SSSR count). The Morgan fingerprint density at radius 2 is 1.08 bits per heavy atom. The summed E-state index contributed by atoms with van der Waals surface area (Å²) in [5, 5.41) is 15.2. The molecule has 0 aliphatic heterocycles. The first-order valence-corrected chi connectivity index (χ1v) is 2.38. The summed E-state index contributed by atoms with van der Waals surface area (Å²) >= 11 is 0. The summed E-state index contributed by atoms with van der Waals surface area (Å²) in [6.07, 6.45) is 0. The van der Waals surface area contributed by atoms with Gasteiger partial charge in [-0.2, -0.15) is 0 Å². The Bertz CT molecular complexity index is 107. The minimum atomic E-state index is -0.968. The quantitative estimate of drug-likeness (QED) is 0.350. The average molecular weight is 231 g/mol. The van der Waals surface area contributed by atoms with E-state index in [1.54, 1.807) is 0 Å². The van der Waals surface area contributed by atoms with Crippen LogP contribution in [0.25, 0.3) is 0 Å². The first-order valence-electron chi connectivity index (χ1n) is 2.38. The zero-order chi connectivity index (χ0) is 8.57. The third kappa shape index (κ3) is 58.2. The molecule has 0 unspecified atom stereocenters. The predicted molar refractivity (Wildman–Crippen MR) is 38.4 cm³/mol. The van der Waals surface area contributed by atoms with Crippen molar-refractivity contribution in [3.8, 4) is 0 Å². The van der Waals surface area contributed by atoms with Gasteiger partial charge in [0.05, 0.1) is 13.1 Å². The van der Waals surface area contributed by atoms with Gasteiger partial charge in [-0.3, -0.25) is 9.59 Å². The average Bonchev–Trinajstić information content (AvgIpc) is 1.89. The minimum Gasteiger partial charge on any atom is -0.480 e. The van der Waals surface area contributed by atoms with Crippen LogP contribution < -0.4 is 17.6 Å². The van der Waals surface area contributed by atoms with Gasteiger partial charge in [-0.05, 0) is 0 Å². The second-order valence-electron chi connectivity index (χ2n) is 1.20. The molecule has 0 aromatic heterocycles. The Morgan fingerprint density at radius 1 is 1.00 bits per heavy atom. The zero-order valence-electron chi connectivity index (χ0n) is 6.29. The van der Waals surface area contributed by atoms with Crippen LogP contribution in [0.15, 0.2) is 0 Å². The second-order valence-corrected chi connectivity index (χ2v) is 1.20. The van der Waals surface area contributed by atoms with Crippen LogP contribution in [0.5, 0.6) is 0 Å². The molecular weight excluding hydrogens is 218 g/mol. The van der Waals surface area contributed by atoms with E-state index in [2.05, 4.69) is 11.5 Å². The molecule has 0 saturated heterocycles. The van der Waals surface area contributed by atoms with Crippen molar-refractivity contribution in [2.24, 2.45) is 11.5 Å². The van der Waals surface area contributed by atoms with Crippen LogP contribution in [0, 0.1) is 0 Å². The smallest absolute Gasteiger partial charge is 0.317 e. The van der Waals surface area contributed by atoms with Gasteiger partial charge in [0.1, 0.15) is 0 Å². The predicted octanol–water partition coefficient (Wildman–Crippen LogP) is -1.78. The van der Waals surface area contributed by atoms with Crippen LogP contribution in [-0.2, 0) is 26.7 Å². The van der Waals surface area contributed by atoms with Crippen molar-refractivity contribution >= 4 is 11.9 Å². The van der Waals surface area contributed by atoms with Gasteiger partial charge >= 0.3 is 11.9 Å². The standard InChI is InChI=1S/2C2H5NO2.Cu.H3N/c2*3-1-2(4)5;;/h2*1,3H2,(H,4,5);;1H3. The summed E-state index contributed by atoms with van der Waals surface area (Å²) in [7, 11) is 0. The Kier molecular flexibility index (Phi) is 31.4. The van der Waals surface area contributed by atoms with E-state index >= 15 is 0 Å². The van der Waals surface area contributed by atoms with Crippen molar-refractivity contribution in [1.82, 2.24) is 6.15 Å². The molecule has 1 radical (unpaired) electrons. The van der Waals surface area contributed by atoms with E-state index in [0.717, 1.165) is 0 Å². The molecule has 8 heteroatoms. The van der Waals surface area contributed by atoms with Gasteiger partial charge in [-0.1, -0.05) is 0 Å². The van der Waals surface area contributed by atoms with Crippen molar-refractivity contribution in [2.45, 2.75) is 0 Å². The number of aliphatic carboxylic acids is 2. The van der Waals surface area contributed by atoms with Gasteiger partial charge in [0.15, 0.2) is 0 Å². The largest absolute Gasteiger partial charge is 0.480 e. The number of rotatable bonds is 2. The zero-order valence-corrected chi connectivity index (χ0v) is 7.23. The van der Waals surface area contributed by atoms with Gasteiger partial charge in [-0.25, -0.2) is 0 Å². The number of carbonyl (C=O) groups is 2. The molecular formula is C4H13CuN3O4. The molecule has 79 valence electrons. The number of hydrogen-bond acceptors (Lipinski definition) is 5. The molecule has 0 aliphatic rings. The Labute approximate surface area is 80.2 Å². The van der Waals surface area contributed by atoms with E-state index in [4.69, 9.17) is 10.2 Å². The molecule has 0 aromatic carbocycles. The van der Waals surface area contributed by atoms with Crippen molar-refractivity contribution in [1.29, 1.82) is 0 Å². The first-order chi connectivity index (χ1) is 4.54. The summed E-state index contributed by atoms with van der Waals surface area (Å²) in [5.74, 6) is -1.94. The van der Waals surface area contributed by atoms with E-state index < -0.39 is 11.9 Å². The molecule has 0 aromatic rings. The Morgan fingerprint density at radius 3 is 1.08 bits per heavy atom. The summed E-state index contributed by atoms with van der Waals surface area (Å²) in [6.45, 7) is -0.556. The van der Waals surface area contributed by atoms with E-state index in [-0.39, 0.29) is 36.3 Å². The van der Waals surface area contributed by atoms with Gasteiger partial charge in [-0.15, -0.1) is 0 Å². The maximum Gasteiger partial charge on any atom is 0.317 e. The van der Waals surface area contributed by atoms with Gasteiger partial charge in [0.25, 0.3) is 0 Å². The molecule has 0 spiro atoms.